The van der Waals surface area contributed by atoms with Gasteiger partial charge in [-0.15, -0.1) is 5.10 Å². The number of carbonyl (C=O) groups is 2. The van der Waals surface area contributed by atoms with Crippen molar-refractivity contribution in [1.82, 2.24) is 30.4 Å². The molecule has 4 N–H and O–H groups in total. The molecule has 3 aromatic rings. The summed E-state index contributed by atoms with van der Waals surface area (Å²) in [5, 5.41) is 15.0. The maximum Gasteiger partial charge on any atom is 0.333 e. The number of pyridine rings is 1. The highest BCUT2D eigenvalue weighted by molar-refractivity contribution is 5.98. The lowest BCUT2D eigenvalue weighted by Gasteiger charge is -2.21. The fourth-order valence-corrected chi connectivity index (χ4v) is 3.75. The number of hydrogen-bond acceptors (Lipinski definition) is 8. The van der Waals surface area contributed by atoms with Crippen molar-refractivity contribution in [1.29, 1.82) is 0 Å². The Hall–Kier alpha value is -5.14. The highest BCUT2D eigenvalue weighted by atomic mass is 19.3. The molecule has 5 rings (SSSR count). The summed E-state index contributed by atoms with van der Waals surface area (Å²) in [4.78, 5) is 28.0. The molecule has 2 aliphatic rings. The summed E-state index contributed by atoms with van der Waals surface area (Å²) < 4.78 is 46.2. The van der Waals surface area contributed by atoms with Gasteiger partial charge in [-0.25, -0.2) is 19.1 Å². The lowest BCUT2D eigenvalue weighted by Crippen LogP contribution is -2.43. The minimum Gasteiger partial charge on any atom is -0.435 e. The van der Waals surface area contributed by atoms with Crippen LogP contribution in [0.1, 0.15) is 28.0 Å². The van der Waals surface area contributed by atoms with Crippen molar-refractivity contribution >= 4 is 23.3 Å². The molecule has 0 radical (unpaired) electrons. The summed E-state index contributed by atoms with van der Waals surface area (Å²) in [5.41, 5.74) is 6.80. The van der Waals surface area contributed by atoms with Crippen molar-refractivity contribution in [2.45, 2.75) is 19.1 Å². The number of fused-ring (bicyclic) bond motifs is 1. The molecule has 0 bridgehead atoms. The predicted octanol–water partition coefficient (Wildman–Crippen LogP) is 2.48. The molecule has 194 valence electrons. The minimum atomic E-state index is -2.74. The maximum absolute atomic E-state index is 14.6. The van der Waals surface area contributed by atoms with Gasteiger partial charge in [-0.2, -0.15) is 13.9 Å². The molecule has 4 heterocycles. The van der Waals surface area contributed by atoms with Crippen LogP contribution in [0.5, 0.6) is 11.6 Å². The quantitative estimate of drug-likeness (QED) is 0.431. The number of allylic oxidation sites excluding steroid dienone is 2. The first-order chi connectivity index (χ1) is 18.3. The van der Waals surface area contributed by atoms with Crippen molar-refractivity contribution in [2.24, 2.45) is 10.8 Å². The Balaban J connectivity index is 1.19. The van der Waals surface area contributed by atoms with Gasteiger partial charge in [0.1, 0.15) is 11.7 Å². The Kier molecular flexibility index (Phi) is 6.51. The summed E-state index contributed by atoms with van der Waals surface area (Å²) in [5.74, 6) is -2.16. The topological polar surface area (TPSA) is 140 Å². The number of ether oxygens (including phenoxy) is 1. The first-order valence-electron chi connectivity index (χ1n) is 11.1. The minimum absolute atomic E-state index is 0.00320. The number of amides is 2. The fourth-order valence-electron chi connectivity index (χ4n) is 3.75. The summed E-state index contributed by atoms with van der Waals surface area (Å²) >= 11 is 0. The number of nitrogens with two attached hydrogens (primary N) is 1. The third kappa shape index (κ3) is 5.18. The van der Waals surface area contributed by atoms with Crippen LogP contribution in [-0.2, 0) is 11.2 Å². The van der Waals surface area contributed by atoms with Crippen LogP contribution in [0, 0.1) is 5.82 Å². The Morgan fingerprint density at radius 2 is 2.11 bits per heavy atom. The third-order valence-corrected chi connectivity index (χ3v) is 5.53. The fraction of sp³-hybridized carbons (Fsp3) is 0.125. The van der Waals surface area contributed by atoms with Crippen LogP contribution in [0.3, 0.4) is 0 Å². The van der Waals surface area contributed by atoms with Gasteiger partial charge in [0.2, 0.25) is 17.7 Å². The van der Waals surface area contributed by atoms with Gasteiger partial charge in [-0.3, -0.25) is 14.9 Å². The molecule has 1 atom stereocenters. The second-order valence-corrected chi connectivity index (χ2v) is 8.15. The van der Waals surface area contributed by atoms with Crippen LogP contribution >= 0.6 is 0 Å². The van der Waals surface area contributed by atoms with E-state index in [0.29, 0.717) is 21.4 Å². The zero-order chi connectivity index (χ0) is 26.8. The molecule has 11 nitrogen and oxygen atoms in total. The molecule has 38 heavy (non-hydrogen) atoms. The van der Waals surface area contributed by atoms with Crippen molar-refractivity contribution in [3.63, 3.8) is 0 Å². The molecule has 1 unspecified atom stereocenters. The molecule has 1 aromatic carbocycles. The third-order valence-electron chi connectivity index (χ3n) is 5.53. The molecule has 0 saturated heterocycles. The first-order valence-corrected chi connectivity index (χ1v) is 11.1. The number of primary amides is 1. The number of carbonyl (C=O) groups excluding carboxylic acids is 2. The van der Waals surface area contributed by atoms with Crippen molar-refractivity contribution < 1.29 is 27.5 Å². The van der Waals surface area contributed by atoms with E-state index >= 15 is 0 Å². The van der Waals surface area contributed by atoms with E-state index in [9.17, 15) is 22.8 Å². The molecule has 0 aliphatic carbocycles. The van der Waals surface area contributed by atoms with E-state index in [2.05, 4.69) is 25.8 Å². The SMILES string of the molecule is NC(=O)c1cccnc1Oc1ccc(CC(=O)NC2=NN3C=CC(c4cnn(C(F)F)c4)=CC3N2)cc1F. The van der Waals surface area contributed by atoms with E-state index in [1.54, 1.807) is 23.4 Å². The Morgan fingerprint density at radius 3 is 2.84 bits per heavy atom. The van der Waals surface area contributed by atoms with Gasteiger partial charge in [0.05, 0.1) is 12.6 Å². The molecule has 0 fully saturated rings. The Morgan fingerprint density at radius 1 is 1.26 bits per heavy atom. The van der Waals surface area contributed by atoms with E-state index in [-0.39, 0.29) is 29.6 Å². The summed E-state index contributed by atoms with van der Waals surface area (Å²) in [7, 11) is 0. The van der Waals surface area contributed by atoms with Gasteiger partial charge in [0, 0.05) is 24.2 Å². The van der Waals surface area contributed by atoms with Crippen LogP contribution in [0.2, 0.25) is 0 Å². The molecule has 2 aliphatic heterocycles. The zero-order valence-electron chi connectivity index (χ0n) is 19.4. The van der Waals surface area contributed by atoms with E-state index in [1.807, 2.05) is 0 Å². The van der Waals surface area contributed by atoms with Crippen LogP contribution in [0.25, 0.3) is 5.57 Å². The number of aromatic nitrogens is 3. The first kappa shape index (κ1) is 24.5. The van der Waals surface area contributed by atoms with Gasteiger partial charge in [0.25, 0.3) is 5.91 Å². The van der Waals surface area contributed by atoms with Gasteiger partial charge < -0.3 is 15.8 Å². The number of hydrogen-bond donors (Lipinski definition) is 3. The molecule has 0 spiro atoms. The molecular weight excluding hydrogens is 505 g/mol. The Labute approximate surface area is 213 Å². The molecule has 2 amide bonds. The zero-order valence-corrected chi connectivity index (χ0v) is 19.4. The van der Waals surface area contributed by atoms with Crippen molar-refractivity contribution in [2.75, 3.05) is 0 Å². The van der Waals surface area contributed by atoms with E-state index < -0.39 is 30.3 Å². The monoisotopic (exact) mass is 524 g/mol. The number of rotatable bonds is 7. The molecular formula is C24H19F3N8O3. The number of alkyl halides is 2. The number of hydrazone groups is 1. The average molecular weight is 524 g/mol. The highest BCUT2D eigenvalue weighted by Gasteiger charge is 2.27. The second-order valence-electron chi connectivity index (χ2n) is 8.15. The standard InChI is InChI=1S/C24H19F3N8O3/c25-17-8-13(3-4-18(17)38-22-16(21(28)37)2-1-6-29-22)9-20(36)32-24-31-19-10-14(5-7-34(19)33-24)15-11-30-35(12-15)23(26)27/h1-8,10-12,19,23H,9H2,(H2,28,37)(H2,31,32,33,36). The summed E-state index contributed by atoms with van der Waals surface area (Å²) in [6, 6.07) is 6.84. The predicted molar refractivity (Wildman–Crippen MR) is 128 cm³/mol. The Bertz CT molecular complexity index is 1500. The highest BCUT2D eigenvalue weighted by Crippen LogP contribution is 2.27. The number of nitrogens with one attached hydrogen (secondary N) is 2. The van der Waals surface area contributed by atoms with Crippen LogP contribution in [0.15, 0.2) is 72.4 Å². The van der Waals surface area contributed by atoms with Crippen LogP contribution < -0.4 is 21.1 Å². The average Bonchev–Trinajstić information content (AvgIpc) is 3.52. The van der Waals surface area contributed by atoms with E-state index in [0.717, 1.165) is 6.07 Å². The number of benzene rings is 1. The largest absolute Gasteiger partial charge is 0.435 e. The molecule has 14 heteroatoms. The van der Waals surface area contributed by atoms with Crippen molar-refractivity contribution in [3.8, 4) is 11.6 Å². The van der Waals surface area contributed by atoms with Gasteiger partial charge in [0.15, 0.2) is 11.6 Å². The maximum atomic E-state index is 14.6. The van der Waals surface area contributed by atoms with Gasteiger partial charge in [-0.1, -0.05) is 6.07 Å². The lowest BCUT2D eigenvalue weighted by molar-refractivity contribution is -0.119. The summed E-state index contributed by atoms with van der Waals surface area (Å²) in [6.07, 6.45) is 8.38. The van der Waals surface area contributed by atoms with E-state index in [4.69, 9.17) is 10.5 Å². The second kappa shape index (κ2) is 10.1. The smallest absolute Gasteiger partial charge is 0.333 e. The molecule has 2 aromatic heterocycles. The number of halogens is 3. The van der Waals surface area contributed by atoms with Crippen molar-refractivity contribution in [3.05, 3.63) is 89.8 Å². The van der Waals surface area contributed by atoms with Gasteiger partial charge in [-0.05, 0) is 47.6 Å². The lowest BCUT2D eigenvalue weighted by atomic mass is 10.1. The van der Waals surface area contributed by atoms with Crippen LogP contribution in [0.4, 0.5) is 13.2 Å². The van der Waals surface area contributed by atoms with E-state index in [1.165, 1.54) is 42.9 Å². The van der Waals surface area contributed by atoms with Crippen LogP contribution in [-0.4, -0.2) is 43.7 Å². The summed E-state index contributed by atoms with van der Waals surface area (Å²) in [6.45, 7) is -2.74. The normalized spacial score (nSPS) is 16.0. The number of guanidine groups is 1. The van der Waals surface area contributed by atoms with Gasteiger partial charge >= 0.3 is 6.55 Å². The molecule has 0 saturated carbocycles. The number of nitrogens with zero attached hydrogens (tertiary/aromatic N) is 5.